The van der Waals surface area contributed by atoms with E-state index in [9.17, 15) is 9.90 Å². The van der Waals surface area contributed by atoms with Crippen LogP contribution >= 0.6 is 0 Å². The predicted molar refractivity (Wildman–Crippen MR) is 88.9 cm³/mol. The fourth-order valence-electron chi connectivity index (χ4n) is 4.00. The number of anilines is 2. The normalized spacial score (nSPS) is 28.3. The van der Waals surface area contributed by atoms with Gasteiger partial charge < -0.3 is 19.8 Å². The summed E-state index contributed by atoms with van der Waals surface area (Å²) < 4.78 is 0. The van der Waals surface area contributed by atoms with Crippen molar-refractivity contribution in [1.29, 1.82) is 0 Å². The third-order valence-corrected chi connectivity index (χ3v) is 5.24. The van der Waals surface area contributed by atoms with Crippen LogP contribution in [0.15, 0.2) is 12.3 Å². The molecule has 0 saturated carbocycles. The molecule has 0 bridgehead atoms. The van der Waals surface area contributed by atoms with Crippen molar-refractivity contribution in [2.24, 2.45) is 5.41 Å². The van der Waals surface area contributed by atoms with Gasteiger partial charge in [-0.1, -0.05) is 0 Å². The van der Waals surface area contributed by atoms with Gasteiger partial charge in [0.2, 0.25) is 5.95 Å². The fourth-order valence-corrected chi connectivity index (χ4v) is 4.00. The zero-order chi connectivity index (χ0) is 16.6. The zero-order valence-electron chi connectivity index (χ0n) is 14.1. The largest absolute Gasteiger partial charge is 0.481 e. The highest BCUT2D eigenvalue weighted by atomic mass is 16.4. The van der Waals surface area contributed by atoms with Gasteiger partial charge in [0.25, 0.3) is 0 Å². The van der Waals surface area contributed by atoms with Crippen molar-refractivity contribution in [3.8, 4) is 0 Å². The van der Waals surface area contributed by atoms with Crippen molar-refractivity contribution in [3.63, 3.8) is 0 Å². The van der Waals surface area contributed by atoms with E-state index in [1.54, 1.807) is 6.20 Å². The number of likely N-dealkylation sites (tertiary alicyclic amines) is 1. The highest BCUT2D eigenvalue weighted by molar-refractivity contribution is 5.77. The lowest BCUT2D eigenvalue weighted by Crippen LogP contribution is -2.63. The molecule has 2 atom stereocenters. The number of carbonyl (C=O) groups is 1. The first-order valence-corrected chi connectivity index (χ1v) is 8.13. The minimum absolute atomic E-state index is 0.0991. The van der Waals surface area contributed by atoms with Crippen LogP contribution in [-0.2, 0) is 4.79 Å². The molecule has 0 radical (unpaired) electrons. The second-order valence-electron chi connectivity index (χ2n) is 6.88. The first-order chi connectivity index (χ1) is 10.9. The van der Waals surface area contributed by atoms with Crippen molar-refractivity contribution >= 4 is 17.7 Å². The minimum Gasteiger partial charge on any atom is -0.481 e. The third-order valence-electron chi connectivity index (χ3n) is 5.24. The number of piperidine rings is 2. The van der Waals surface area contributed by atoms with Crippen LogP contribution in [0.5, 0.6) is 0 Å². The Balaban J connectivity index is 1.89. The van der Waals surface area contributed by atoms with Crippen LogP contribution in [0.25, 0.3) is 0 Å². The summed E-state index contributed by atoms with van der Waals surface area (Å²) in [6.45, 7) is 2.25. The van der Waals surface area contributed by atoms with Crippen molar-refractivity contribution in [2.45, 2.75) is 25.3 Å². The van der Waals surface area contributed by atoms with E-state index in [-0.39, 0.29) is 6.04 Å². The van der Waals surface area contributed by atoms with E-state index in [4.69, 9.17) is 0 Å². The van der Waals surface area contributed by atoms with Gasteiger partial charge in [-0.2, -0.15) is 4.98 Å². The molecule has 0 spiro atoms. The molecule has 0 aromatic carbocycles. The van der Waals surface area contributed by atoms with Crippen molar-refractivity contribution in [1.82, 2.24) is 14.9 Å². The molecule has 3 rings (SSSR count). The molecule has 1 aromatic rings. The van der Waals surface area contributed by atoms with Crippen LogP contribution < -0.4 is 9.80 Å². The molecule has 126 valence electrons. The summed E-state index contributed by atoms with van der Waals surface area (Å²) in [5, 5.41) is 9.95. The molecule has 0 aliphatic carbocycles. The van der Waals surface area contributed by atoms with E-state index in [0.29, 0.717) is 12.5 Å². The Morgan fingerprint density at radius 3 is 2.91 bits per heavy atom. The van der Waals surface area contributed by atoms with Crippen LogP contribution in [0, 0.1) is 5.41 Å². The predicted octanol–water partition coefficient (Wildman–Crippen LogP) is 0.918. The molecular formula is C16H25N5O2. The lowest BCUT2D eigenvalue weighted by molar-refractivity contribution is -0.157. The van der Waals surface area contributed by atoms with E-state index < -0.39 is 11.4 Å². The maximum Gasteiger partial charge on any atom is 0.313 e. The lowest BCUT2D eigenvalue weighted by Gasteiger charge is -2.51. The van der Waals surface area contributed by atoms with Crippen molar-refractivity contribution in [3.05, 3.63) is 12.3 Å². The summed E-state index contributed by atoms with van der Waals surface area (Å²) in [4.78, 5) is 27.2. The summed E-state index contributed by atoms with van der Waals surface area (Å²) in [5.41, 5.74) is -0.720. The topological polar surface area (TPSA) is 72.8 Å². The molecule has 2 aliphatic heterocycles. The van der Waals surface area contributed by atoms with Crippen LogP contribution in [0.2, 0.25) is 0 Å². The molecule has 1 aromatic heterocycles. The SMILES string of the molecule is CN(C)c1ccnc(N2CC[C@H]3N(C)CCC[C@]3(C(=O)O)C2)n1. The van der Waals surface area contributed by atoms with E-state index >= 15 is 0 Å². The minimum atomic E-state index is -0.720. The summed E-state index contributed by atoms with van der Waals surface area (Å²) in [6.07, 6.45) is 4.22. The summed E-state index contributed by atoms with van der Waals surface area (Å²) in [6, 6.07) is 1.96. The Morgan fingerprint density at radius 1 is 1.43 bits per heavy atom. The first kappa shape index (κ1) is 16.0. The van der Waals surface area contributed by atoms with E-state index in [2.05, 4.69) is 14.9 Å². The number of hydrogen-bond acceptors (Lipinski definition) is 6. The molecule has 0 unspecified atom stereocenters. The maximum absolute atomic E-state index is 12.1. The second-order valence-corrected chi connectivity index (χ2v) is 6.88. The molecule has 2 aliphatic rings. The number of fused-ring (bicyclic) bond motifs is 1. The first-order valence-electron chi connectivity index (χ1n) is 8.13. The number of aliphatic carboxylic acids is 1. The molecule has 7 heteroatoms. The summed E-state index contributed by atoms with van der Waals surface area (Å²) in [7, 11) is 5.92. The number of hydrogen-bond donors (Lipinski definition) is 1. The van der Waals surface area contributed by atoms with E-state index in [0.717, 1.165) is 38.2 Å². The molecule has 3 heterocycles. The Kier molecular flexibility index (Phi) is 4.14. The molecular weight excluding hydrogens is 294 g/mol. The van der Waals surface area contributed by atoms with E-state index in [1.165, 1.54) is 0 Å². The number of nitrogens with zero attached hydrogens (tertiary/aromatic N) is 5. The number of rotatable bonds is 3. The Morgan fingerprint density at radius 2 is 2.22 bits per heavy atom. The molecule has 1 N–H and O–H groups in total. The smallest absolute Gasteiger partial charge is 0.313 e. The van der Waals surface area contributed by atoms with Crippen LogP contribution in [0.3, 0.4) is 0 Å². The van der Waals surface area contributed by atoms with Crippen molar-refractivity contribution < 1.29 is 9.90 Å². The number of aromatic nitrogens is 2. The average Bonchev–Trinajstić information content (AvgIpc) is 2.54. The third kappa shape index (κ3) is 2.73. The molecule has 23 heavy (non-hydrogen) atoms. The van der Waals surface area contributed by atoms with Gasteiger partial charge in [0.05, 0.1) is 0 Å². The monoisotopic (exact) mass is 319 g/mol. The van der Waals surface area contributed by atoms with Gasteiger partial charge in [0.15, 0.2) is 0 Å². The van der Waals surface area contributed by atoms with Gasteiger partial charge in [0, 0.05) is 39.4 Å². The lowest BCUT2D eigenvalue weighted by atomic mass is 9.69. The van der Waals surface area contributed by atoms with Gasteiger partial charge >= 0.3 is 5.97 Å². The highest BCUT2D eigenvalue weighted by Gasteiger charge is 2.53. The van der Waals surface area contributed by atoms with Gasteiger partial charge in [-0.25, -0.2) is 4.98 Å². The van der Waals surface area contributed by atoms with Crippen molar-refractivity contribution in [2.75, 3.05) is 50.6 Å². The van der Waals surface area contributed by atoms with Gasteiger partial charge in [0.1, 0.15) is 11.2 Å². The standard InChI is InChI=1S/C16H25N5O2/c1-19(2)13-5-8-17-15(18-13)21-10-6-12-16(11-21,14(22)23)7-4-9-20(12)3/h5,8,12H,4,6-7,9-11H2,1-3H3,(H,22,23)/t12-,16+/m1/s1. The molecule has 0 amide bonds. The Hall–Kier alpha value is -1.89. The van der Waals surface area contributed by atoms with Gasteiger partial charge in [-0.15, -0.1) is 0 Å². The summed E-state index contributed by atoms with van der Waals surface area (Å²) in [5.74, 6) is 0.772. The van der Waals surface area contributed by atoms with Crippen LogP contribution in [-0.4, -0.2) is 72.8 Å². The Bertz CT molecular complexity index is 594. The number of carboxylic acid groups (broad SMARTS) is 1. The van der Waals surface area contributed by atoms with Gasteiger partial charge in [-0.05, 0) is 38.9 Å². The zero-order valence-corrected chi connectivity index (χ0v) is 14.1. The molecule has 2 fully saturated rings. The molecule has 7 nitrogen and oxygen atoms in total. The van der Waals surface area contributed by atoms with Crippen LogP contribution in [0.4, 0.5) is 11.8 Å². The van der Waals surface area contributed by atoms with Crippen LogP contribution in [0.1, 0.15) is 19.3 Å². The molecule has 2 saturated heterocycles. The fraction of sp³-hybridized carbons (Fsp3) is 0.688. The quantitative estimate of drug-likeness (QED) is 0.888. The summed E-state index contributed by atoms with van der Waals surface area (Å²) >= 11 is 0. The second kappa shape index (κ2) is 5.96. The average molecular weight is 319 g/mol. The highest BCUT2D eigenvalue weighted by Crippen LogP contribution is 2.42. The van der Waals surface area contributed by atoms with Gasteiger partial charge in [-0.3, -0.25) is 4.79 Å². The Labute approximate surface area is 136 Å². The van der Waals surface area contributed by atoms with E-state index in [1.807, 2.05) is 37.0 Å². The number of carboxylic acids is 1. The maximum atomic E-state index is 12.1.